The number of carbonyl (C=O) groups is 1. The number of allylic oxidation sites excluding steroid dienone is 1. The van der Waals surface area contributed by atoms with Crippen molar-refractivity contribution in [3.05, 3.63) is 53.9 Å². The summed E-state index contributed by atoms with van der Waals surface area (Å²) in [6.07, 6.45) is 4.87. The molecule has 0 saturated carbocycles. The fraction of sp³-hybridized carbons (Fsp3) is 0.409. The molecule has 1 aromatic carbocycles. The van der Waals surface area contributed by atoms with Gasteiger partial charge in [-0.2, -0.15) is 4.98 Å². The minimum absolute atomic E-state index is 0.0795. The van der Waals surface area contributed by atoms with Gasteiger partial charge in [0.2, 0.25) is 5.95 Å². The van der Waals surface area contributed by atoms with Gasteiger partial charge in [0.1, 0.15) is 5.82 Å². The van der Waals surface area contributed by atoms with Gasteiger partial charge in [0.05, 0.1) is 0 Å². The Labute approximate surface area is 177 Å². The number of nitrogens with one attached hydrogen (secondary N) is 5. The lowest BCUT2D eigenvalue weighted by Gasteiger charge is -2.22. The Balaban J connectivity index is 1.20. The number of piperidine rings is 1. The zero-order valence-corrected chi connectivity index (χ0v) is 17.1. The SMILES string of the molecule is C=C1Cc2cc(C(=O)NCCNc3ccnc(NCC4CCNCC4)n3)ccc2N1. The Morgan fingerprint density at radius 2 is 2.03 bits per heavy atom. The lowest BCUT2D eigenvalue weighted by Crippen LogP contribution is -2.31. The predicted molar refractivity (Wildman–Crippen MR) is 120 cm³/mol. The molecule has 0 aliphatic carbocycles. The lowest BCUT2D eigenvalue weighted by molar-refractivity contribution is 0.0955. The molecule has 0 atom stereocenters. The van der Waals surface area contributed by atoms with Crippen LogP contribution in [0.3, 0.4) is 0 Å². The Hall–Kier alpha value is -3.13. The molecule has 158 valence electrons. The second-order valence-corrected chi connectivity index (χ2v) is 7.80. The van der Waals surface area contributed by atoms with E-state index >= 15 is 0 Å². The molecule has 1 amide bonds. The maximum atomic E-state index is 12.4. The molecule has 8 nitrogen and oxygen atoms in total. The quantitative estimate of drug-likeness (QED) is 0.428. The Morgan fingerprint density at radius 3 is 2.90 bits per heavy atom. The number of hydrogen-bond acceptors (Lipinski definition) is 7. The molecular weight excluding hydrogens is 378 g/mol. The standard InChI is InChI=1S/C22H29N7O/c1-15-12-18-13-17(2-3-19(18)28-15)21(30)25-11-10-24-20-6-9-26-22(29-20)27-14-16-4-7-23-8-5-16/h2-3,6,9,13,16,23,28H,1,4-5,7-8,10-12,14H2,(H,25,30)(H2,24,26,27,29). The van der Waals surface area contributed by atoms with Crippen molar-refractivity contribution in [3.8, 4) is 0 Å². The number of rotatable bonds is 8. The van der Waals surface area contributed by atoms with Crippen LogP contribution >= 0.6 is 0 Å². The monoisotopic (exact) mass is 407 g/mol. The van der Waals surface area contributed by atoms with Crippen molar-refractivity contribution in [2.75, 3.05) is 48.7 Å². The van der Waals surface area contributed by atoms with E-state index in [1.165, 1.54) is 12.8 Å². The Morgan fingerprint density at radius 1 is 1.17 bits per heavy atom. The summed E-state index contributed by atoms with van der Waals surface area (Å²) in [5, 5.41) is 16.1. The first-order valence-electron chi connectivity index (χ1n) is 10.5. The van der Waals surface area contributed by atoms with Crippen LogP contribution in [0.15, 0.2) is 42.7 Å². The molecular formula is C22H29N7O. The fourth-order valence-electron chi connectivity index (χ4n) is 3.80. The molecule has 0 unspecified atom stereocenters. The Bertz CT molecular complexity index is 908. The second-order valence-electron chi connectivity index (χ2n) is 7.80. The number of carbonyl (C=O) groups excluding carboxylic acids is 1. The molecule has 3 heterocycles. The molecule has 8 heteroatoms. The fourth-order valence-corrected chi connectivity index (χ4v) is 3.80. The van der Waals surface area contributed by atoms with Crippen LogP contribution in [0.1, 0.15) is 28.8 Å². The van der Waals surface area contributed by atoms with E-state index in [1.54, 1.807) is 6.20 Å². The topological polar surface area (TPSA) is 103 Å². The molecule has 1 aromatic heterocycles. The highest BCUT2D eigenvalue weighted by Crippen LogP contribution is 2.27. The van der Waals surface area contributed by atoms with Gasteiger partial charge in [0.25, 0.3) is 5.91 Å². The van der Waals surface area contributed by atoms with Gasteiger partial charge in [0.15, 0.2) is 0 Å². The highest BCUT2D eigenvalue weighted by atomic mass is 16.1. The predicted octanol–water partition coefficient (Wildman–Crippen LogP) is 2.21. The van der Waals surface area contributed by atoms with Crippen LogP contribution in [0, 0.1) is 5.92 Å². The molecule has 0 bridgehead atoms. The van der Waals surface area contributed by atoms with Crippen molar-refractivity contribution in [3.63, 3.8) is 0 Å². The van der Waals surface area contributed by atoms with E-state index in [4.69, 9.17) is 0 Å². The first kappa shape index (κ1) is 20.2. The van der Waals surface area contributed by atoms with Crippen LogP contribution in [-0.4, -0.2) is 48.6 Å². The number of nitrogens with zero attached hydrogens (tertiary/aromatic N) is 2. The van der Waals surface area contributed by atoms with Crippen LogP contribution < -0.4 is 26.6 Å². The van der Waals surface area contributed by atoms with E-state index in [9.17, 15) is 4.79 Å². The number of anilines is 3. The van der Waals surface area contributed by atoms with E-state index in [0.717, 1.165) is 48.8 Å². The summed E-state index contributed by atoms with van der Waals surface area (Å²) in [7, 11) is 0. The first-order chi connectivity index (χ1) is 14.7. The van der Waals surface area contributed by atoms with Gasteiger partial charge in [-0.3, -0.25) is 4.79 Å². The molecule has 1 fully saturated rings. The molecule has 4 rings (SSSR count). The van der Waals surface area contributed by atoms with Gasteiger partial charge in [0, 0.05) is 49.2 Å². The average molecular weight is 408 g/mol. The van der Waals surface area contributed by atoms with Gasteiger partial charge >= 0.3 is 0 Å². The van der Waals surface area contributed by atoms with Crippen molar-refractivity contribution in [2.24, 2.45) is 5.92 Å². The van der Waals surface area contributed by atoms with Crippen LogP contribution in [0.5, 0.6) is 0 Å². The lowest BCUT2D eigenvalue weighted by atomic mass is 9.98. The van der Waals surface area contributed by atoms with E-state index in [1.807, 2.05) is 24.3 Å². The third kappa shape index (κ3) is 5.27. The first-order valence-corrected chi connectivity index (χ1v) is 10.5. The third-order valence-corrected chi connectivity index (χ3v) is 5.46. The minimum atomic E-state index is -0.0795. The maximum Gasteiger partial charge on any atom is 0.251 e. The molecule has 2 aliphatic rings. The van der Waals surface area contributed by atoms with E-state index in [0.29, 0.717) is 30.5 Å². The van der Waals surface area contributed by atoms with Gasteiger partial charge in [-0.05, 0) is 61.7 Å². The van der Waals surface area contributed by atoms with Gasteiger partial charge in [-0.1, -0.05) is 6.58 Å². The van der Waals surface area contributed by atoms with E-state index in [-0.39, 0.29) is 5.91 Å². The van der Waals surface area contributed by atoms with Crippen molar-refractivity contribution in [1.29, 1.82) is 0 Å². The zero-order valence-electron chi connectivity index (χ0n) is 17.1. The molecule has 2 aliphatic heterocycles. The number of aromatic nitrogens is 2. The normalized spacial score (nSPS) is 15.9. The smallest absolute Gasteiger partial charge is 0.251 e. The molecule has 5 N–H and O–H groups in total. The number of amides is 1. The summed E-state index contributed by atoms with van der Waals surface area (Å²) in [4.78, 5) is 21.2. The molecule has 2 aromatic rings. The minimum Gasteiger partial charge on any atom is -0.368 e. The second kappa shape index (κ2) is 9.58. The summed E-state index contributed by atoms with van der Waals surface area (Å²) in [6, 6.07) is 7.52. The molecule has 0 spiro atoms. The average Bonchev–Trinajstić information content (AvgIpc) is 3.15. The van der Waals surface area contributed by atoms with Gasteiger partial charge in [-0.15, -0.1) is 0 Å². The molecule has 1 saturated heterocycles. The Kier molecular flexibility index (Phi) is 6.44. The van der Waals surface area contributed by atoms with Crippen molar-refractivity contribution in [2.45, 2.75) is 19.3 Å². The van der Waals surface area contributed by atoms with Crippen LogP contribution in [0.2, 0.25) is 0 Å². The van der Waals surface area contributed by atoms with Gasteiger partial charge < -0.3 is 26.6 Å². The highest BCUT2D eigenvalue weighted by molar-refractivity contribution is 5.95. The largest absolute Gasteiger partial charge is 0.368 e. The summed E-state index contributed by atoms with van der Waals surface area (Å²) in [6.45, 7) is 8.08. The summed E-state index contributed by atoms with van der Waals surface area (Å²) in [5.74, 6) is 1.96. The summed E-state index contributed by atoms with van der Waals surface area (Å²) < 4.78 is 0. The highest BCUT2D eigenvalue weighted by Gasteiger charge is 2.16. The van der Waals surface area contributed by atoms with Crippen molar-refractivity contribution in [1.82, 2.24) is 20.6 Å². The molecule has 0 radical (unpaired) electrons. The molecule has 30 heavy (non-hydrogen) atoms. The number of fused-ring (bicyclic) bond motifs is 1. The van der Waals surface area contributed by atoms with Crippen molar-refractivity contribution >= 4 is 23.4 Å². The van der Waals surface area contributed by atoms with Crippen molar-refractivity contribution < 1.29 is 4.79 Å². The summed E-state index contributed by atoms with van der Waals surface area (Å²) in [5.41, 5.74) is 3.76. The number of benzene rings is 1. The summed E-state index contributed by atoms with van der Waals surface area (Å²) >= 11 is 0. The third-order valence-electron chi connectivity index (χ3n) is 5.46. The van der Waals surface area contributed by atoms with Crippen LogP contribution in [0.25, 0.3) is 0 Å². The number of hydrogen-bond donors (Lipinski definition) is 5. The van der Waals surface area contributed by atoms with Gasteiger partial charge in [-0.25, -0.2) is 4.98 Å². The van der Waals surface area contributed by atoms with Crippen LogP contribution in [-0.2, 0) is 6.42 Å². The van der Waals surface area contributed by atoms with E-state index < -0.39 is 0 Å². The van der Waals surface area contributed by atoms with E-state index in [2.05, 4.69) is 43.1 Å². The maximum absolute atomic E-state index is 12.4. The van der Waals surface area contributed by atoms with Crippen LogP contribution in [0.4, 0.5) is 17.5 Å². The zero-order chi connectivity index (χ0) is 20.8.